The fraction of sp³-hybridized carbons (Fsp3) is 0.300. The molecular formula is C20H16ClF2N3O4. The Morgan fingerprint density at radius 1 is 1.20 bits per heavy atom. The molecule has 2 aliphatic rings. The van der Waals surface area contributed by atoms with E-state index in [1.165, 1.54) is 15.9 Å². The van der Waals surface area contributed by atoms with Gasteiger partial charge in [-0.25, -0.2) is 4.39 Å². The summed E-state index contributed by atoms with van der Waals surface area (Å²) in [5, 5.41) is 11.2. The van der Waals surface area contributed by atoms with Crippen LogP contribution in [0.5, 0.6) is 0 Å². The van der Waals surface area contributed by atoms with Gasteiger partial charge in [-0.15, -0.1) is 0 Å². The number of carbonyl (C=O) groups is 2. The molecule has 2 aromatic rings. The van der Waals surface area contributed by atoms with Gasteiger partial charge in [-0.3, -0.25) is 19.7 Å². The lowest BCUT2D eigenvalue weighted by Crippen LogP contribution is -2.41. The fourth-order valence-corrected chi connectivity index (χ4v) is 4.25. The first-order chi connectivity index (χ1) is 14.3. The lowest BCUT2D eigenvalue weighted by molar-refractivity contribution is -0.387. The van der Waals surface area contributed by atoms with Gasteiger partial charge in [-0.2, -0.15) is 4.39 Å². The maximum atomic E-state index is 14.6. The molecule has 0 radical (unpaired) electrons. The highest BCUT2D eigenvalue weighted by Gasteiger charge is 2.39. The molecule has 2 aromatic carbocycles. The number of nitrogens with zero attached hydrogens (tertiary/aromatic N) is 3. The average molecular weight is 436 g/mol. The standard InChI is InChI=1S/C20H16ClF2N3O4/c21-13-6-11-2-1-5-24(19(11)16(23)8-13)20(28)12-7-18(27)25(10-12)14-3-4-15(22)17(9-14)26(29)30/h3-4,6,8-9,12H,1-2,5,7,10H2. The third-order valence-corrected chi connectivity index (χ3v) is 5.60. The number of rotatable bonds is 3. The van der Waals surface area contributed by atoms with Crippen LogP contribution in [0, 0.1) is 27.7 Å². The predicted octanol–water partition coefficient (Wildman–Crippen LogP) is 3.86. The third kappa shape index (κ3) is 3.49. The molecule has 2 amide bonds. The first-order valence-corrected chi connectivity index (χ1v) is 9.67. The number of benzene rings is 2. The van der Waals surface area contributed by atoms with Gasteiger partial charge in [-0.1, -0.05) is 11.6 Å². The fourth-order valence-electron chi connectivity index (χ4n) is 4.02. The normalized spacial score (nSPS) is 18.5. The monoisotopic (exact) mass is 435 g/mol. The molecule has 1 saturated heterocycles. The number of anilines is 2. The quantitative estimate of drug-likeness (QED) is 0.541. The SMILES string of the molecule is O=C1CC(C(=O)N2CCCc3cc(Cl)cc(F)c32)CN1c1ccc(F)c([N+](=O)[O-])c1. The second-order valence-corrected chi connectivity index (χ2v) is 7.72. The Kier molecular flexibility index (Phi) is 5.15. The number of hydrogen-bond acceptors (Lipinski definition) is 4. The molecule has 0 spiro atoms. The molecule has 156 valence electrons. The van der Waals surface area contributed by atoms with E-state index in [1.807, 2.05) is 0 Å². The number of amides is 2. The molecule has 0 aliphatic carbocycles. The summed E-state index contributed by atoms with van der Waals surface area (Å²) in [6, 6.07) is 5.91. The second kappa shape index (κ2) is 7.64. The first-order valence-electron chi connectivity index (χ1n) is 9.30. The second-order valence-electron chi connectivity index (χ2n) is 7.29. The Morgan fingerprint density at radius 3 is 2.70 bits per heavy atom. The van der Waals surface area contributed by atoms with Crippen molar-refractivity contribution >= 4 is 40.5 Å². The predicted molar refractivity (Wildman–Crippen MR) is 106 cm³/mol. The van der Waals surface area contributed by atoms with Crippen LogP contribution in [-0.2, 0) is 16.0 Å². The van der Waals surface area contributed by atoms with Crippen molar-refractivity contribution < 1.29 is 23.3 Å². The van der Waals surface area contributed by atoms with E-state index < -0.39 is 40.0 Å². The Morgan fingerprint density at radius 2 is 1.97 bits per heavy atom. The molecule has 7 nitrogen and oxygen atoms in total. The van der Waals surface area contributed by atoms with Crippen molar-refractivity contribution in [3.8, 4) is 0 Å². The molecule has 0 aromatic heterocycles. The Hall–Kier alpha value is -3.07. The summed E-state index contributed by atoms with van der Waals surface area (Å²) in [5.41, 5.74) is 0.202. The topological polar surface area (TPSA) is 83.8 Å². The molecule has 1 atom stereocenters. The molecule has 2 heterocycles. The summed E-state index contributed by atoms with van der Waals surface area (Å²) in [6.45, 7) is 0.290. The molecule has 0 saturated carbocycles. The van der Waals surface area contributed by atoms with E-state index in [1.54, 1.807) is 6.07 Å². The molecular weight excluding hydrogens is 420 g/mol. The van der Waals surface area contributed by atoms with E-state index in [0.717, 1.165) is 18.2 Å². The van der Waals surface area contributed by atoms with Crippen molar-refractivity contribution in [2.75, 3.05) is 22.9 Å². The zero-order valence-corrected chi connectivity index (χ0v) is 16.4. The number of halogens is 3. The van der Waals surface area contributed by atoms with Crippen LogP contribution in [0.1, 0.15) is 18.4 Å². The van der Waals surface area contributed by atoms with E-state index in [9.17, 15) is 28.5 Å². The Labute approximate surface area is 175 Å². The van der Waals surface area contributed by atoms with E-state index in [2.05, 4.69) is 0 Å². The van der Waals surface area contributed by atoms with E-state index in [-0.39, 0.29) is 29.4 Å². The first kappa shape index (κ1) is 20.2. The summed E-state index contributed by atoms with van der Waals surface area (Å²) in [5.74, 6) is -3.17. The number of hydrogen-bond donors (Lipinski definition) is 0. The highest BCUT2D eigenvalue weighted by molar-refractivity contribution is 6.30. The van der Waals surface area contributed by atoms with Gasteiger partial charge < -0.3 is 9.80 Å². The van der Waals surface area contributed by atoms with Gasteiger partial charge in [0.05, 0.1) is 22.2 Å². The van der Waals surface area contributed by atoms with Crippen LogP contribution in [-0.4, -0.2) is 29.8 Å². The average Bonchev–Trinajstić information content (AvgIpc) is 3.08. The summed E-state index contributed by atoms with van der Waals surface area (Å²) < 4.78 is 28.2. The van der Waals surface area contributed by atoms with Crippen molar-refractivity contribution in [1.29, 1.82) is 0 Å². The lowest BCUT2D eigenvalue weighted by Gasteiger charge is -2.31. The van der Waals surface area contributed by atoms with Crippen LogP contribution in [0.2, 0.25) is 5.02 Å². The van der Waals surface area contributed by atoms with Gasteiger partial charge >= 0.3 is 5.69 Å². The Balaban J connectivity index is 1.60. The van der Waals surface area contributed by atoms with Gasteiger partial charge in [0.2, 0.25) is 17.6 Å². The minimum atomic E-state index is -1.01. The van der Waals surface area contributed by atoms with Crippen LogP contribution in [0.3, 0.4) is 0 Å². The maximum absolute atomic E-state index is 14.6. The Bertz CT molecular complexity index is 1080. The molecule has 30 heavy (non-hydrogen) atoms. The largest absolute Gasteiger partial charge is 0.311 e. The summed E-state index contributed by atoms with van der Waals surface area (Å²) in [7, 11) is 0. The van der Waals surface area contributed by atoms with Crippen molar-refractivity contribution in [3.63, 3.8) is 0 Å². The summed E-state index contributed by atoms with van der Waals surface area (Å²) >= 11 is 5.92. The van der Waals surface area contributed by atoms with Gasteiger partial charge in [-0.05, 0) is 42.7 Å². The molecule has 10 heteroatoms. The van der Waals surface area contributed by atoms with Crippen molar-refractivity contribution in [2.24, 2.45) is 5.92 Å². The van der Waals surface area contributed by atoms with Crippen LogP contribution >= 0.6 is 11.6 Å². The lowest BCUT2D eigenvalue weighted by atomic mass is 9.98. The highest BCUT2D eigenvalue weighted by Crippen LogP contribution is 2.36. The number of nitro benzene ring substituents is 1. The number of nitro groups is 1. The zero-order valence-electron chi connectivity index (χ0n) is 15.6. The minimum Gasteiger partial charge on any atom is -0.311 e. The van der Waals surface area contributed by atoms with Crippen LogP contribution < -0.4 is 9.80 Å². The van der Waals surface area contributed by atoms with Crippen LogP contribution in [0.15, 0.2) is 30.3 Å². The van der Waals surface area contributed by atoms with Gasteiger partial charge in [0.1, 0.15) is 5.82 Å². The molecule has 2 aliphatic heterocycles. The van der Waals surface area contributed by atoms with Crippen LogP contribution in [0.4, 0.5) is 25.8 Å². The highest BCUT2D eigenvalue weighted by atomic mass is 35.5. The number of fused-ring (bicyclic) bond motifs is 1. The molecule has 0 N–H and O–H groups in total. The third-order valence-electron chi connectivity index (χ3n) is 5.38. The van der Waals surface area contributed by atoms with Gasteiger partial charge in [0.25, 0.3) is 0 Å². The van der Waals surface area contributed by atoms with Gasteiger partial charge in [0, 0.05) is 30.6 Å². The summed E-state index contributed by atoms with van der Waals surface area (Å²) in [6.07, 6.45) is 1.10. The van der Waals surface area contributed by atoms with Crippen molar-refractivity contribution in [1.82, 2.24) is 0 Å². The zero-order chi connectivity index (χ0) is 21.6. The van der Waals surface area contributed by atoms with Crippen molar-refractivity contribution in [3.05, 3.63) is 62.7 Å². The number of aryl methyl sites for hydroxylation is 1. The van der Waals surface area contributed by atoms with Gasteiger partial charge in [0.15, 0.2) is 0 Å². The van der Waals surface area contributed by atoms with E-state index >= 15 is 0 Å². The van der Waals surface area contributed by atoms with E-state index in [4.69, 9.17) is 11.6 Å². The molecule has 4 rings (SSSR count). The molecule has 1 fully saturated rings. The maximum Gasteiger partial charge on any atom is 0.306 e. The smallest absolute Gasteiger partial charge is 0.306 e. The summed E-state index contributed by atoms with van der Waals surface area (Å²) in [4.78, 5) is 38.3. The minimum absolute atomic E-state index is 0.0263. The molecule has 1 unspecified atom stereocenters. The van der Waals surface area contributed by atoms with E-state index in [0.29, 0.717) is 24.9 Å². The van der Waals surface area contributed by atoms with Crippen molar-refractivity contribution in [2.45, 2.75) is 19.3 Å². The number of carbonyl (C=O) groups excluding carboxylic acids is 2. The molecule has 0 bridgehead atoms. The van der Waals surface area contributed by atoms with Crippen LogP contribution in [0.25, 0.3) is 0 Å².